The predicted molar refractivity (Wildman–Crippen MR) is 59.9 cm³/mol. The van der Waals surface area contributed by atoms with Gasteiger partial charge in [-0.3, -0.25) is 0 Å². The fourth-order valence-electron chi connectivity index (χ4n) is 1.79. The molecule has 1 nitrogen and oxygen atoms in total. The van der Waals surface area contributed by atoms with Crippen LogP contribution in [0.15, 0.2) is 24.3 Å². The first-order valence-electron chi connectivity index (χ1n) is 4.84. The molecule has 0 spiro atoms. The van der Waals surface area contributed by atoms with Crippen LogP contribution in [0.3, 0.4) is 0 Å². The van der Waals surface area contributed by atoms with E-state index in [4.69, 9.17) is 5.73 Å². The van der Waals surface area contributed by atoms with Gasteiger partial charge in [0.15, 0.2) is 0 Å². The lowest BCUT2D eigenvalue weighted by Crippen LogP contribution is -2.04. The predicted octanol–water partition coefficient (Wildman–Crippen LogP) is 3.23. The Labute approximate surface area is 83.7 Å². The van der Waals surface area contributed by atoms with Crippen LogP contribution in [0, 0.1) is 0 Å². The standard InChI is InChI=1S/C11H15NS/c12-10-6-2-1-5-9(10)11-7-3-4-8-13-11/h1-2,5-6,11H,3-4,7-8,12H2. The van der Waals surface area contributed by atoms with E-state index in [-0.39, 0.29) is 0 Å². The van der Waals surface area contributed by atoms with E-state index in [0.29, 0.717) is 5.25 Å². The number of benzene rings is 1. The zero-order valence-electron chi connectivity index (χ0n) is 7.70. The Morgan fingerprint density at radius 3 is 2.77 bits per heavy atom. The van der Waals surface area contributed by atoms with Crippen LogP contribution in [-0.4, -0.2) is 5.75 Å². The topological polar surface area (TPSA) is 26.0 Å². The van der Waals surface area contributed by atoms with Gasteiger partial charge in [0.25, 0.3) is 0 Å². The summed E-state index contributed by atoms with van der Waals surface area (Å²) in [5, 5.41) is 0.648. The Balaban J connectivity index is 2.18. The fourth-order valence-corrected chi connectivity index (χ4v) is 3.17. The third-order valence-corrected chi connectivity index (χ3v) is 3.94. The van der Waals surface area contributed by atoms with Crippen molar-refractivity contribution in [1.29, 1.82) is 0 Å². The van der Waals surface area contributed by atoms with Crippen LogP contribution >= 0.6 is 11.8 Å². The molecule has 1 aliphatic rings. The number of nitrogen functional groups attached to an aromatic ring is 1. The van der Waals surface area contributed by atoms with Crippen molar-refractivity contribution in [2.75, 3.05) is 11.5 Å². The zero-order chi connectivity index (χ0) is 9.10. The molecule has 13 heavy (non-hydrogen) atoms. The maximum Gasteiger partial charge on any atom is 0.0357 e. The van der Waals surface area contributed by atoms with Gasteiger partial charge >= 0.3 is 0 Å². The SMILES string of the molecule is Nc1ccccc1C1CCCCS1. The maximum atomic E-state index is 5.94. The van der Waals surface area contributed by atoms with Gasteiger partial charge in [-0.15, -0.1) is 0 Å². The molecule has 2 heteroatoms. The van der Waals surface area contributed by atoms with Crippen molar-refractivity contribution in [3.05, 3.63) is 29.8 Å². The molecule has 70 valence electrons. The fraction of sp³-hybridized carbons (Fsp3) is 0.455. The molecular formula is C11H15NS. The van der Waals surface area contributed by atoms with Crippen LogP contribution in [0.5, 0.6) is 0 Å². The zero-order valence-corrected chi connectivity index (χ0v) is 8.52. The van der Waals surface area contributed by atoms with Crippen LogP contribution in [0.1, 0.15) is 30.1 Å². The van der Waals surface area contributed by atoms with Crippen LogP contribution in [0.25, 0.3) is 0 Å². The number of anilines is 1. The first-order chi connectivity index (χ1) is 6.38. The van der Waals surface area contributed by atoms with Gasteiger partial charge in [-0.1, -0.05) is 24.6 Å². The second-order valence-corrected chi connectivity index (χ2v) is 4.79. The van der Waals surface area contributed by atoms with Crippen molar-refractivity contribution < 1.29 is 0 Å². The van der Waals surface area contributed by atoms with Crippen molar-refractivity contribution in [2.45, 2.75) is 24.5 Å². The van der Waals surface area contributed by atoms with Gasteiger partial charge in [0.05, 0.1) is 0 Å². The van der Waals surface area contributed by atoms with Crippen LogP contribution < -0.4 is 5.73 Å². The lowest BCUT2D eigenvalue weighted by Gasteiger charge is -2.22. The molecule has 0 aromatic heterocycles. The Bertz CT molecular complexity index is 279. The smallest absolute Gasteiger partial charge is 0.0357 e. The molecule has 0 bridgehead atoms. The number of thioether (sulfide) groups is 1. The molecule has 0 amide bonds. The Hall–Kier alpha value is -0.630. The second kappa shape index (κ2) is 4.05. The minimum atomic E-state index is 0.648. The minimum Gasteiger partial charge on any atom is -0.398 e. The average molecular weight is 193 g/mol. The summed E-state index contributed by atoms with van der Waals surface area (Å²) in [6, 6.07) is 8.26. The van der Waals surface area contributed by atoms with Gasteiger partial charge in [0, 0.05) is 10.9 Å². The molecule has 1 atom stereocenters. The highest BCUT2D eigenvalue weighted by molar-refractivity contribution is 7.99. The monoisotopic (exact) mass is 193 g/mol. The van der Waals surface area contributed by atoms with Gasteiger partial charge in [-0.25, -0.2) is 0 Å². The molecule has 0 radical (unpaired) electrons. The van der Waals surface area contributed by atoms with Gasteiger partial charge in [0.2, 0.25) is 0 Å². The quantitative estimate of drug-likeness (QED) is 0.693. The molecule has 2 rings (SSSR count). The van der Waals surface area contributed by atoms with E-state index < -0.39 is 0 Å². The van der Waals surface area contributed by atoms with E-state index >= 15 is 0 Å². The average Bonchev–Trinajstić information content (AvgIpc) is 2.20. The lowest BCUT2D eigenvalue weighted by molar-refractivity contribution is 0.687. The van der Waals surface area contributed by atoms with E-state index in [0.717, 1.165) is 5.69 Å². The number of hydrogen-bond donors (Lipinski definition) is 1. The van der Waals surface area contributed by atoms with Crippen LogP contribution in [-0.2, 0) is 0 Å². The van der Waals surface area contributed by atoms with Gasteiger partial charge in [0.1, 0.15) is 0 Å². The molecule has 1 fully saturated rings. The molecular weight excluding hydrogens is 178 g/mol. The molecule has 1 saturated heterocycles. The van der Waals surface area contributed by atoms with Crippen molar-refractivity contribution in [2.24, 2.45) is 0 Å². The summed E-state index contributed by atoms with van der Waals surface area (Å²) in [6.07, 6.45) is 4.01. The van der Waals surface area contributed by atoms with Crippen molar-refractivity contribution >= 4 is 17.4 Å². The molecule has 0 aliphatic carbocycles. The Kier molecular flexibility index (Phi) is 2.79. The molecule has 1 aliphatic heterocycles. The summed E-state index contributed by atoms with van der Waals surface area (Å²) in [5.74, 6) is 1.29. The normalized spacial score (nSPS) is 22.9. The number of hydrogen-bond acceptors (Lipinski definition) is 2. The van der Waals surface area contributed by atoms with E-state index in [1.807, 2.05) is 12.1 Å². The summed E-state index contributed by atoms with van der Waals surface area (Å²) in [7, 11) is 0. The van der Waals surface area contributed by atoms with Crippen LogP contribution in [0.4, 0.5) is 5.69 Å². The number of rotatable bonds is 1. The third kappa shape index (κ3) is 1.99. The Morgan fingerprint density at radius 1 is 1.23 bits per heavy atom. The van der Waals surface area contributed by atoms with Crippen molar-refractivity contribution in [3.63, 3.8) is 0 Å². The third-order valence-electron chi connectivity index (χ3n) is 2.52. The van der Waals surface area contributed by atoms with Gasteiger partial charge < -0.3 is 5.73 Å². The summed E-state index contributed by atoms with van der Waals surface area (Å²) in [4.78, 5) is 0. The highest BCUT2D eigenvalue weighted by atomic mass is 32.2. The minimum absolute atomic E-state index is 0.648. The Morgan fingerprint density at radius 2 is 2.08 bits per heavy atom. The van der Waals surface area contributed by atoms with E-state index in [1.165, 1.54) is 30.6 Å². The first kappa shape index (κ1) is 8.95. The summed E-state index contributed by atoms with van der Waals surface area (Å²) >= 11 is 2.05. The maximum absolute atomic E-state index is 5.94. The summed E-state index contributed by atoms with van der Waals surface area (Å²) in [6.45, 7) is 0. The highest BCUT2D eigenvalue weighted by Gasteiger charge is 2.17. The first-order valence-corrected chi connectivity index (χ1v) is 5.89. The lowest BCUT2D eigenvalue weighted by atomic mass is 10.0. The van der Waals surface area contributed by atoms with Gasteiger partial charge in [-0.2, -0.15) is 11.8 Å². The van der Waals surface area contributed by atoms with E-state index in [9.17, 15) is 0 Å². The molecule has 1 unspecified atom stereocenters. The van der Waals surface area contributed by atoms with Crippen molar-refractivity contribution in [3.8, 4) is 0 Å². The summed E-state index contributed by atoms with van der Waals surface area (Å²) in [5.41, 5.74) is 8.24. The number of para-hydroxylation sites is 1. The summed E-state index contributed by atoms with van der Waals surface area (Å²) < 4.78 is 0. The molecule has 1 aromatic carbocycles. The molecule has 2 N–H and O–H groups in total. The molecule has 1 aromatic rings. The van der Waals surface area contributed by atoms with E-state index in [2.05, 4.69) is 23.9 Å². The van der Waals surface area contributed by atoms with Gasteiger partial charge in [-0.05, 0) is 30.2 Å². The van der Waals surface area contributed by atoms with E-state index in [1.54, 1.807) is 0 Å². The molecule has 0 saturated carbocycles. The molecule has 1 heterocycles. The van der Waals surface area contributed by atoms with Crippen molar-refractivity contribution in [1.82, 2.24) is 0 Å². The number of nitrogens with two attached hydrogens (primary N) is 1. The largest absolute Gasteiger partial charge is 0.398 e. The van der Waals surface area contributed by atoms with Crippen LogP contribution in [0.2, 0.25) is 0 Å². The second-order valence-electron chi connectivity index (χ2n) is 3.48. The highest BCUT2D eigenvalue weighted by Crippen LogP contribution is 2.40.